The van der Waals surface area contributed by atoms with Crippen molar-refractivity contribution in [1.82, 2.24) is 5.32 Å². The maximum absolute atomic E-state index is 12.8. The Kier molecular flexibility index (Phi) is 21.9. The number of hydrogen-bond acceptors (Lipinski definition) is 4. The highest BCUT2D eigenvalue weighted by Gasteiger charge is 2.34. The van der Waals surface area contributed by atoms with E-state index < -0.39 is 14.2 Å². The van der Waals surface area contributed by atoms with Crippen molar-refractivity contribution in [3.05, 3.63) is 17.9 Å². The minimum absolute atomic E-state index is 0.0408. The summed E-state index contributed by atoms with van der Waals surface area (Å²) in [5.41, 5.74) is 0.875. The van der Waals surface area contributed by atoms with Crippen LogP contribution in [0.15, 0.2) is 16.7 Å². The summed E-state index contributed by atoms with van der Waals surface area (Å²) in [5, 5.41) is 4.14. The molecule has 0 fully saturated rings. The van der Waals surface area contributed by atoms with E-state index >= 15 is 0 Å². The number of unbranched alkanes of at least 4 members (excludes halogenated alkanes) is 15. The predicted molar refractivity (Wildman–Crippen MR) is 176 cm³/mol. The van der Waals surface area contributed by atoms with Gasteiger partial charge in [0.1, 0.15) is 14.2 Å². The fraction of sp³-hybridized carbons (Fsp3) is 0.829. The van der Waals surface area contributed by atoms with Gasteiger partial charge in [-0.25, -0.2) is 0 Å². The van der Waals surface area contributed by atoms with Crippen molar-refractivity contribution >= 4 is 25.3 Å². The molecular weight excluding hydrogens is 526 g/mol. The molecule has 1 heterocycles. The van der Waals surface area contributed by atoms with Gasteiger partial charge in [0, 0.05) is 18.4 Å². The van der Waals surface area contributed by atoms with Crippen LogP contribution in [0, 0.1) is 0 Å². The summed E-state index contributed by atoms with van der Waals surface area (Å²) in [6.45, 7) is 11.6. The number of ether oxygens (including phenoxy) is 1. The highest BCUT2D eigenvalue weighted by molar-refractivity contribution is 6.90. The standard InChI is InChI=1S/C35H65NO4Si/c1-6-11-13-15-17-19-21-23-25-27-34(38)40-32(31-28-35(39-30-31)41(8-3,9-4)10-5)29-36-33(37)26-24-22-20-18-16-14-12-7-2/h28,30,32H,6-27,29H2,1-5H3,(H,36,37). The van der Waals surface area contributed by atoms with Gasteiger partial charge in [0.15, 0.2) is 0 Å². The first-order valence-electron chi connectivity index (χ1n) is 17.5. The molecule has 0 spiro atoms. The van der Waals surface area contributed by atoms with Crippen LogP contribution in [0.3, 0.4) is 0 Å². The van der Waals surface area contributed by atoms with Crippen molar-refractivity contribution in [1.29, 1.82) is 0 Å². The number of carbonyl (C=O) groups excluding carboxylic acids is 2. The molecule has 0 aromatic carbocycles. The summed E-state index contributed by atoms with van der Waals surface area (Å²) in [7, 11) is -1.68. The Hall–Kier alpha value is -1.56. The van der Waals surface area contributed by atoms with Crippen LogP contribution in [0.25, 0.3) is 0 Å². The Morgan fingerprint density at radius 2 is 1.17 bits per heavy atom. The lowest BCUT2D eigenvalue weighted by Gasteiger charge is -2.25. The monoisotopic (exact) mass is 591 g/mol. The Bertz CT molecular complexity index is 781. The lowest BCUT2D eigenvalue weighted by Crippen LogP contribution is -2.45. The molecule has 1 amide bonds. The second kappa shape index (κ2) is 23.9. The number of esters is 1. The molecule has 0 aliphatic heterocycles. The van der Waals surface area contributed by atoms with E-state index in [1.54, 1.807) is 6.26 Å². The fourth-order valence-corrected chi connectivity index (χ4v) is 9.14. The van der Waals surface area contributed by atoms with Crippen molar-refractivity contribution in [3.8, 4) is 0 Å². The number of furan rings is 1. The first-order chi connectivity index (χ1) is 20.0. The summed E-state index contributed by atoms with van der Waals surface area (Å²) < 4.78 is 12.1. The van der Waals surface area contributed by atoms with Crippen molar-refractivity contribution in [2.24, 2.45) is 0 Å². The van der Waals surface area contributed by atoms with Crippen molar-refractivity contribution in [2.45, 2.75) is 181 Å². The minimum atomic E-state index is -1.68. The molecule has 1 rings (SSSR count). The fourth-order valence-electron chi connectivity index (χ4n) is 5.81. The van der Waals surface area contributed by atoms with Crippen LogP contribution in [0.4, 0.5) is 0 Å². The summed E-state index contributed by atoms with van der Waals surface area (Å²) >= 11 is 0. The molecule has 5 nitrogen and oxygen atoms in total. The maximum Gasteiger partial charge on any atom is 0.306 e. The van der Waals surface area contributed by atoms with E-state index in [1.807, 2.05) is 0 Å². The largest absolute Gasteiger partial charge is 0.474 e. The van der Waals surface area contributed by atoms with Crippen molar-refractivity contribution in [2.75, 3.05) is 6.54 Å². The number of carbonyl (C=O) groups is 2. The smallest absolute Gasteiger partial charge is 0.306 e. The van der Waals surface area contributed by atoms with Crippen LogP contribution in [0.2, 0.25) is 18.1 Å². The van der Waals surface area contributed by atoms with Gasteiger partial charge >= 0.3 is 5.97 Å². The molecule has 1 unspecified atom stereocenters. The molecule has 1 aromatic heterocycles. The SMILES string of the molecule is CCCCCCCCCCCC(=O)OC(CNC(=O)CCCCCCCCCC)c1coc([Si](CC)(CC)CC)c1. The number of rotatable bonds is 27. The van der Waals surface area contributed by atoms with Gasteiger partial charge in [0.2, 0.25) is 5.91 Å². The van der Waals surface area contributed by atoms with E-state index in [0.717, 1.165) is 54.8 Å². The zero-order valence-electron chi connectivity index (χ0n) is 27.6. The lowest BCUT2D eigenvalue weighted by atomic mass is 10.1. The van der Waals surface area contributed by atoms with Gasteiger partial charge in [-0.05, 0) is 18.9 Å². The topological polar surface area (TPSA) is 68.5 Å². The van der Waals surface area contributed by atoms with E-state index in [1.165, 1.54) is 83.5 Å². The van der Waals surface area contributed by atoms with Crippen LogP contribution in [0.5, 0.6) is 0 Å². The van der Waals surface area contributed by atoms with E-state index in [9.17, 15) is 9.59 Å². The molecule has 0 aliphatic carbocycles. The highest BCUT2D eigenvalue weighted by Crippen LogP contribution is 2.25. The number of amides is 1. The summed E-state index contributed by atoms with van der Waals surface area (Å²) in [5.74, 6) is -0.137. The second-order valence-electron chi connectivity index (χ2n) is 12.2. The molecule has 6 heteroatoms. The summed E-state index contributed by atoms with van der Waals surface area (Å²) in [6, 6.07) is 5.51. The first kappa shape index (κ1) is 37.5. The number of hydrogen-bond donors (Lipinski definition) is 1. The molecule has 0 radical (unpaired) electrons. The maximum atomic E-state index is 12.8. The molecule has 0 aliphatic rings. The lowest BCUT2D eigenvalue weighted by molar-refractivity contribution is -0.150. The average Bonchev–Trinajstić information content (AvgIpc) is 3.48. The summed E-state index contributed by atoms with van der Waals surface area (Å²) in [6.07, 6.45) is 22.9. The van der Waals surface area contributed by atoms with Crippen molar-refractivity contribution < 1.29 is 18.7 Å². The van der Waals surface area contributed by atoms with Crippen LogP contribution in [-0.4, -0.2) is 26.5 Å². The van der Waals surface area contributed by atoms with Gasteiger partial charge < -0.3 is 14.5 Å². The zero-order valence-corrected chi connectivity index (χ0v) is 28.6. The second-order valence-corrected chi connectivity index (χ2v) is 17.3. The van der Waals surface area contributed by atoms with Crippen molar-refractivity contribution in [3.63, 3.8) is 0 Å². The van der Waals surface area contributed by atoms with Gasteiger partial charge in [-0.15, -0.1) is 0 Å². The van der Waals surface area contributed by atoms with Crippen LogP contribution in [0.1, 0.15) is 168 Å². The highest BCUT2D eigenvalue weighted by atomic mass is 28.3. The van der Waals surface area contributed by atoms with E-state index in [4.69, 9.17) is 9.15 Å². The summed E-state index contributed by atoms with van der Waals surface area (Å²) in [4.78, 5) is 25.5. The van der Waals surface area contributed by atoms with Crippen LogP contribution in [-0.2, 0) is 14.3 Å². The molecule has 41 heavy (non-hydrogen) atoms. The molecule has 0 saturated heterocycles. The van der Waals surface area contributed by atoms with Crippen LogP contribution >= 0.6 is 0 Å². The third-order valence-electron chi connectivity index (χ3n) is 9.04. The van der Waals surface area contributed by atoms with Crippen LogP contribution < -0.4 is 10.7 Å². The normalized spacial score (nSPS) is 12.4. The van der Waals surface area contributed by atoms with E-state index in [2.05, 4.69) is 46.0 Å². The predicted octanol–water partition coefficient (Wildman–Crippen LogP) is 10.1. The molecule has 238 valence electrons. The molecular formula is C35H65NO4Si. The van der Waals surface area contributed by atoms with Gasteiger partial charge in [-0.2, -0.15) is 0 Å². The van der Waals surface area contributed by atoms with Gasteiger partial charge in [-0.1, -0.05) is 149 Å². The Labute approximate surface area is 254 Å². The third kappa shape index (κ3) is 16.0. The molecule has 1 N–H and O–H groups in total. The minimum Gasteiger partial charge on any atom is -0.474 e. The van der Waals surface area contributed by atoms with E-state index in [-0.39, 0.29) is 11.9 Å². The average molecular weight is 592 g/mol. The quantitative estimate of drug-likeness (QED) is 0.0628. The molecule has 1 atom stereocenters. The Morgan fingerprint density at radius 1 is 0.707 bits per heavy atom. The molecule has 1 aromatic rings. The molecule has 0 saturated carbocycles. The first-order valence-corrected chi connectivity index (χ1v) is 20.1. The number of nitrogens with one attached hydrogen (secondary N) is 1. The van der Waals surface area contributed by atoms with Gasteiger partial charge in [0.05, 0.1) is 18.2 Å². The van der Waals surface area contributed by atoms with E-state index in [0.29, 0.717) is 19.4 Å². The molecule has 0 bridgehead atoms. The zero-order chi connectivity index (χ0) is 30.2. The van der Waals surface area contributed by atoms with Gasteiger partial charge in [0.25, 0.3) is 0 Å². The third-order valence-corrected chi connectivity index (χ3v) is 14.4. The Balaban J connectivity index is 2.60. The Morgan fingerprint density at radius 3 is 1.66 bits per heavy atom. The van der Waals surface area contributed by atoms with Gasteiger partial charge in [-0.3, -0.25) is 9.59 Å².